The molecule has 0 amide bonds. The molecule has 1 aliphatic heterocycles. The van der Waals surface area contributed by atoms with E-state index < -0.39 is 5.83 Å². The summed E-state index contributed by atoms with van der Waals surface area (Å²) in [6, 6.07) is 4.82. The molecule has 0 aliphatic carbocycles. The number of rotatable bonds is 4. The van der Waals surface area contributed by atoms with Crippen LogP contribution >= 0.6 is 0 Å². The van der Waals surface area contributed by atoms with E-state index in [1.54, 1.807) is 6.08 Å². The third-order valence-corrected chi connectivity index (χ3v) is 4.54. The quantitative estimate of drug-likeness (QED) is 0.855. The lowest BCUT2D eigenvalue weighted by Gasteiger charge is -2.24. The Morgan fingerprint density at radius 2 is 2.33 bits per heavy atom. The van der Waals surface area contributed by atoms with Crippen LogP contribution in [0.3, 0.4) is 0 Å². The van der Waals surface area contributed by atoms with E-state index in [-0.39, 0.29) is 0 Å². The summed E-state index contributed by atoms with van der Waals surface area (Å²) in [5, 5.41) is 2.05. The lowest BCUT2D eigenvalue weighted by atomic mass is 10.1. The van der Waals surface area contributed by atoms with Crippen molar-refractivity contribution in [2.75, 3.05) is 13.6 Å². The Labute approximate surface area is 142 Å². The van der Waals surface area contributed by atoms with Gasteiger partial charge in [0, 0.05) is 54.7 Å². The van der Waals surface area contributed by atoms with Crippen molar-refractivity contribution in [1.82, 2.24) is 14.5 Å². The minimum atomic E-state index is -0.399. The van der Waals surface area contributed by atoms with Crippen molar-refractivity contribution < 1.29 is 4.39 Å². The average Bonchev–Trinajstić information content (AvgIpc) is 2.85. The van der Waals surface area contributed by atoms with Gasteiger partial charge in [-0.2, -0.15) is 0 Å². The van der Waals surface area contributed by atoms with E-state index in [2.05, 4.69) is 46.4 Å². The maximum atomic E-state index is 13.5. The molecule has 0 fully saturated rings. The normalized spacial score (nSPS) is 16.1. The van der Waals surface area contributed by atoms with Crippen molar-refractivity contribution in [3.8, 4) is 0 Å². The van der Waals surface area contributed by atoms with E-state index >= 15 is 0 Å². The van der Waals surface area contributed by atoms with Gasteiger partial charge in [0.15, 0.2) is 0 Å². The molecule has 0 saturated heterocycles. The van der Waals surface area contributed by atoms with Gasteiger partial charge in [-0.25, -0.2) is 9.37 Å². The molecule has 3 heterocycles. The molecule has 24 heavy (non-hydrogen) atoms. The smallest absolute Gasteiger partial charge is 0.116 e. The van der Waals surface area contributed by atoms with E-state index in [0.29, 0.717) is 0 Å². The number of likely N-dealkylation sites (N-methyl/N-ethyl adjacent to an activating group) is 1. The fourth-order valence-corrected chi connectivity index (χ4v) is 3.45. The number of allylic oxidation sites excluding steroid dienone is 1. The Morgan fingerprint density at radius 3 is 3.00 bits per heavy atom. The summed E-state index contributed by atoms with van der Waals surface area (Å²) >= 11 is 0. The molecule has 0 N–H and O–H groups in total. The number of hydrogen-bond donors (Lipinski definition) is 0. The number of aromatic nitrogens is 2. The monoisotopic (exact) mass is 323 g/mol. The van der Waals surface area contributed by atoms with Gasteiger partial charge in [-0.05, 0) is 49.7 Å². The topological polar surface area (TPSA) is 21.1 Å². The van der Waals surface area contributed by atoms with E-state index in [9.17, 15) is 4.39 Å². The highest BCUT2D eigenvalue weighted by Gasteiger charge is 2.20. The lowest BCUT2D eigenvalue weighted by molar-refractivity contribution is 0.307. The summed E-state index contributed by atoms with van der Waals surface area (Å²) in [5.74, 6) is -0.399. The van der Waals surface area contributed by atoms with Crippen LogP contribution in [0.5, 0.6) is 0 Å². The third-order valence-electron chi connectivity index (χ3n) is 4.54. The van der Waals surface area contributed by atoms with Gasteiger partial charge in [0.1, 0.15) is 5.83 Å². The summed E-state index contributed by atoms with van der Waals surface area (Å²) in [5.41, 5.74) is 3.67. The van der Waals surface area contributed by atoms with E-state index in [4.69, 9.17) is 0 Å². The van der Waals surface area contributed by atoms with Crippen LogP contribution in [0.15, 0.2) is 24.7 Å². The second kappa shape index (κ2) is 7.02. The minimum Gasteiger partial charge on any atom is -0.344 e. The summed E-state index contributed by atoms with van der Waals surface area (Å²) in [6.45, 7) is 8.14. The molecule has 0 aromatic carbocycles. The van der Waals surface area contributed by atoms with Gasteiger partial charge in [0.25, 0.3) is 0 Å². The van der Waals surface area contributed by atoms with Crippen LogP contribution in [-0.4, -0.2) is 28.0 Å². The molecule has 3 rings (SSSR count). The van der Waals surface area contributed by atoms with Crippen molar-refractivity contribution in [2.24, 2.45) is 0 Å². The van der Waals surface area contributed by atoms with Gasteiger partial charge in [0.2, 0.25) is 0 Å². The van der Waals surface area contributed by atoms with Gasteiger partial charge in [-0.15, -0.1) is 0 Å². The van der Waals surface area contributed by atoms with Crippen LogP contribution in [0.25, 0.3) is 12.2 Å². The second-order valence-corrected chi connectivity index (χ2v) is 6.23. The van der Waals surface area contributed by atoms with Crippen LogP contribution in [0.4, 0.5) is 4.39 Å². The molecule has 1 aliphatic rings. The van der Waals surface area contributed by atoms with E-state index in [1.807, 2.05) is 19.2 Å². The summed E-state index contributed by atoms with van der Waals surface area (Å²) in [7, 11) is 2.10. The van der Waals surface area contributed by atoms with Crippen molar-refractivity contribution in [1.29, 1.82) is 0 Å². The Bertz CT molecular complexity index is 849. The first-order valence-electron chi connectivity index (χ1n) is 8.24. The molecule has 2 aromatic heterocycles. The zero-order valence-corrected chi connectivity index (χ0v) is 14.3. The SMILES string of the molecule is C=C(F)/C=c1/c2c(n(CCc3cc#cnc3)/c1=C/C)CCN(C)C2. The van der Waals surface area contributed by atoms with E-state index in [0.717, 1.165) is 48.6 Å². The highest BCUT2D eigenvalue weighted by Crippen LogP contribution is 2.15. The molecule has 0 spiro atoms. The van der Waals surface area contributed by atoms with Crippen molar-refractivity contribution in [2.45, 2.75) is 32.9 Å². The molecule has 124 valence electrons. The minimum absolute atomic E-state index is 0.399. The number of halogens is 1. The summed E-state index contributed by atoms with van der Waals surface area (Å²) in [6.07, 6.45) is 9.99. The lowest BCUT2D eigenvalue weighted by Crippen LogP contribution is -2.32. The van der Waals surface area contributed by atoms with Gasteiger partial charge in [-0.1, -0.05) is 12.7 Å². The molecule has 0 atom stereocenters. The van der Waals surface area contributed by atoms with Gasteiger partial charge >= 0.3 is 0 Å². The third kappa shape index (κ3) is 3.27. The largest absolute Gasteiger partial charge is 0.344 e. The Balaban J connectivity index is 2.07. The van der Waals surface area contributed by atoms with Gasteiger partial charge in [0.05, 0.1) is 0 Å². The molecule has 4 heteroatoms. The Kier molecular flexibility index (Phi) is 4.82. The molecule has 0 unspecified atom stereocenters. The molecule has 3 nitrogen and oxygen atoms in total. The molecule has 2 aromatic rings. The highest BCUT2D eigenvalue weighted by molar-refractivity contribution is 5.47. The van der Waals surface area contributed by atoms with Crippen LogP contribution in [0.1, 0.15) is 23.7 Å². The van der Waals surface area contributed by atoms with Crippen LogP contribution < -0.4 is 10.6 Å². The van der Waals surface area contributed by atoms with Gasteiger partial charge < -0.3 is 9.47 Å². The molecule has 0 radical (unpaired) electrons. The molecule has 0 saturated carbocycles. The van der Waals surface area contributed by atoms with Crippen molar-refractivity contribution in [3.05, 3.63) is 64.3 Å². The maximum Gasteiger partial charge on any atom is 0.116 e. The summed E-state index contributed by atoms with van der Waals surface area (Å²) < 4.78 is 15.9. The van der Waals surface area contributed by atoms with Crippen molar-refractivity contribution in [3.63, 3.8) is 0 Å². The zero-order chi connectivity index (χ0) is 17.1. The number of fused-ring (bicyclic) bond motifs is 1. The maximum absolute atomic E-state index is 13.5. The summed E-state index contributed by atoms with van der Waals surface area (Å²) in [4.78, 5) is 6.28. The predicted molar refractivity (Wildman–Crippen MR) is 94.2 cm³/mol. The first-order chi connectivity index (χ1) is 11.6. The van der Waals surface area contributed by atoms with Crippen LogP contribution in [0, 0.1) is 12.3 Å². The number of aryl methyl sites for hydroxylation is 1. The van der Waals surface area contributed by atoms with E-state index in [1.165, 1.54) is 11.3 Å². The predicted octanol–water partition coefficient (Wildman–Crippen LogP) is 1.78. The fraction of sp³-hybridized carbons (Fsp3) is 0.350. The van der Waals surface area contributed by atoms with Crippen molar-refractivity contribution >= 4 is 12.2 Å². The van der Waals surface area contributed by atoms with Crippen LogP contribution in [-0.2, 0) is 25.9 Å². The molecular formula is C20H22FN3. The second-order valence-electron chi connectivity index (χ2n) is 6.23. The molecule has 0 bridgehead atoms. The fourth-order valence-electron chi connectivity index (χ4n) is 3.45. The Morgan fingerprint density at radius 1 is 1.50 bits per heavy atom. The number of nitrogens with zero attached hydrogens (tertiary/aromatic N) is 3. The highest BCUT2D eigenvalue weighted by atomic mass is 19.1. The average molecular weight is 323 g/mol. The van der Waals surface area contributed by atoms with Crippen LogP contribution in [0.2, 0.25) is 0 Å². The molecular weight excluding hydrogens is 301 g/mol. The standard InChI is InChI=1S/C20H22FN3/c1-4-19-17(12-15(2)21)18-14-23(3)10-8-20(18)24(19)11-7-16-6-5-9-22-13-16/h4,6,12-13H,2,7-8,10-11,14H2,1,3H3/b17-12-,19-4+. The number of hydrogen-bond acceptors (Lipinski definition) is 2. The Hall–Kier alpha value is -2.38. The first kappa shape index (κ1) is 16.5. The first-order valence-corrected chi connectivity index (χ1v) is 8.24. The zero-order valence-electron chi connectivity index (χ0n) is 14.3. The van der Waals surface area contributed by atoms with Gasteiger partial charge in [-0.3, -0.25) is 0 Å².